The van der Waals surface area contributed by atoms with Gasteiger partial charge < -0.3 is 33.4 Å². The number of benzene rings is 1. The van der Waals surface area contributed by atoms with Crippen LogP contribution in [0.4, 0.5) is 32.0 Å². The molecule has 1 saturated heterocycles. The topological polar surface area (TPSA) is 87.3 Å². The lowest BCUT2D eigenvalue weighted by molar-refractivity contribution is -0.233. The Morgan fingerprint density at radius 2 is 1.11 bits per heavy atom. The minimum absolute atomic E-state index is 0.0408. The van der Waals surface area contributed by atoms with Gasteiger partial charge in [0.25, 0.3) is 0 Å². The van der Waals surface area contributed by atoms with E-state index in [0.717, 1.165) is 54.4 Å². The molecule has 0 bridgehead atoms. The molecule has 2 rings (SSSR count). The highest BCUT2D eigenvalue weighted by Crippen LogP contribution is 2.39. The summed E-state index contributed by atoms with van der Waals surface area (Å²) < 4.78 is 116. The summed E-state index contributed by atoms with van der Waals surface area (Å²) in [5, 5.41) is 5.04. The summed E-state index contributed by atoms with van der Waals surface area (Å²) in [6.45, 7) is 20.2. The Morgan fingerprint density at radius 1 is 0.698 bits per heavy atom. The van der Waals surface area contributed by atoms with E-state index in [1.54, 1.807) is 0 Å². The van der Waals surface area contributed by atoms with E-state index in [9.17, 15) is 31.1 Å². The zero-order chi connectivity index (χ0) is 40.4. The van der Waals surface area contributed by atoms with Gasteiger partial charge in [-0.25, -0.2) is 0 Å². The number of hydrogen-bond acceptors (Lipinski definition) is 7. The monoisotopic (exact) mass is 834 g/mol. The molecule has 8 nitrogen and oxygen atoms in total. The maximum atomic E-state index is 13.7. The van der Waals surface area contributed by atoms with Crippen molar-refractivity contribution >= 4 is 53.9 Å². The van der Waals surface area contributed by atoms with Crippen molar-refractivity contribution in [3.8, 4) is 0 Å². The summed E-state index contributed by atoms with van der Waals surface area (Å²) in [7, 11) is -7.03. The molecule has 1 aliphatic rings. The van der Waals surface area contributed by atoms with Crippen LogP contribution in [0.3, 0.4) is 0 Å². The maximum absolute atomic E-state index is 13.7. The first-order valence-corrected chi connectivity index (χ1v) is 26.9. The number of anilines is 1. The number of carbonyl (C=O) groups excluding carboxylic acids is 1. The minimum atomic E-state index is -5.05. The average molecular weight is 835 g/mol. The normalized spacial score (nSPS) is 21.7. The van der Waals surface area contributed by atoms with Gasteiger partial charge in [0.2, 0.25) is 0 Å². The number of esters is 1. The van der Waals surface area contributed by atoms with Crippen molar-refractivity contribution in [2.24, 2.45) is 0 Å². The number of ether oxygens (including phenoxy) is 2. The number of hydrogen-bond donors (Lipinski definition) is 2. The van der Waals surface area contributed by atoms with Crippen LogP contribution in [-0.4, -0.2) is 73.3 Å². The van der Waals surface area contributed by atoms with Crippen LogP contribution >= 0.6 is 12.2 Å². The molecule has 18 heteroatoms. The Balaban J connectivity index is 2.76. The van der Waals surface area contributed by atoms with Crippen LogP contribution < -0.4 is 10.6 Å². The second kappa shape index (κ2) is 20.0. The lowest BCUT2D eigenvalue weighted by atomic mass is 9.98. The predicted molar refractivity (Wildman–Crippen MR) is 207 cm³/mol. The Bertz CT molecular complexity index is 1270. The van der Waals surface area contributed by atoms with Crippen LogP contribution in [0.5, 0.6) is 0 Å². The second-order valence-electron chi connectivity index (χ2n) is 13.8. The van der Waals surface area contributed by atoms with Crippen molar-refractivity contribution in [3.63, 3.8) is 0 Å². The highest BCUT2D eigenvalue weighted by molar-refractivity contribution is 7.80. The molecule has 0 amide bonds. The smallest absolute Gasteiger partial charge is 0.416 e. The van der Waals surface area contributed by atoms with Gasteiger partial charge in [0.15, 0.2) is 42.4 Å². The molecule has 0 saturated carbocycles. The van der Waals surface area contributed by atoms with Crippen LogP contribution in [0.1, 0.15) is 80.4 Å². The molecular weight excluding hydrogens is 775 g/mol. The summed E-state index contributed by atoms with van der Waals surface area (Å²) >= 11 is 5.48. The van der Waals surface area contributed by atoms with E-state index in [1.165, 1.54) is 6.92 Å². The van der Waals surface area contributed by atoms with Gasteiger partial charge in [-0.1, -0.05) is 62.3 Å². The first kappa shape index (κ1) is 47.6. The van der Waals surface area contributed by atoms with Crippen molar-refractivity contribution < 1.29 is 53.9 Å². The fourth-order valence-corrected chi connectivity index (χ4v) is 15.6. The van der Waals surface area contributed by atoms with Gasteiger partial charge in [-0.3, -0.25) is 4.79 Å². The number of halogens is 6. The van der Waals surface area contributed by atoms with Gasteiger partial charge in [-0.2, -0.15) is 26.3 Å². The summed E-state index contributed by atoms with van der Waals surface area (Å²) in [5.41, 5.74) is -3.54. The zero-order valence-corrected chi connectivity index (χ0v) is 36.6. The Kier molecular flexibility index (Phi) is 18.0. The standard InChI is InChI=1S/C35H60F6N2O6SSi3/c1-11-51(12-2,13-3)45-23-28-29(48-52(14-4,15-5)16-6)30(49-53(17-7,18-8)19-9)31(46-24(10)44)32(47-28)43-33(50)42-27-21-25(34(36,37)38)20-26(22-27)35(39,40)41/h20-22,28-32H,11-19,23H2,1-10H3,(H2,42,43,50)/t28?,29-,30?,31?,32-/m1/s1. The van der Waals surface area contributed by atoms with Gasteiger partial charge >= 0.3 is 18.3 Å². The first-order valence-electron chi connectivity index (χ1n) is 18.9. The molecule has 1 aromatic carbocycles. The molecule has 1 heterocycles. The number of nitrogens with one attached hydrogen (secondary N) is 2. The number of alkyl halides is 6. The quantitative estimate of drug-likeness (QED) is 0.0612. The molecule has 1 aliphatic heterocycles. The van der Waals surface area contributed by atoms with Crippen molar-refractivity contribution in [3.05, 3.63) is 29.3 Å². The van der Waals surface area contributed by atoms with E-state index in [0.29, 0.717) is 12.1 Å². The van der Waals surface area contributed by atoms with Crippen LogP contribution in [0.15, 0.2) is 18.2 Å². The molecule has 53 heavy (non-hydrogen) atoms. The lowest BCUT2D eigenvalue weighted by Crippen LogP contribution is -2.69. The summed E-state index contributed by atoms with van der Waals surface area (Å²) in [5.74, 6) is -0.643. The van der Waals surface area contributed by atoms with Gasteiger partial charge in [-0.15, -0.1) is 0 Å². The molecule has 5 atom stereocenters. The second-order valence-corrected chi connectivity index (χ2v) is 28.4. The third kappa shape index (κ3) is 12.5. The molecule has 1 aromatic rings. The van der Waals surface area contributed by atoms with Crippen molar-refractivity contribution in [2.45, 2.75) is 167 Å². The van der Waals surface area contributed by atoms with Gasteiger partial charge in [0.1, 0.15) is 18.3 Å². The van der Waals surface area contributed by atoms with Crippen LogP contribution in [0.2, 0.25) is 54.4 Å². The van der Waals surface area contributed by atoms with E-state index in [2.05, 4.69) is 72.9 Å². The molecular formula is C35H60F6N2O6SSi3. The maximum Gasteiger partial charge on any atom is 0.416 e. The highest BCUT2D eigenvalue weighted by Gasteiger charge is 2.54. The molecule has 0 aromatic heterocycles. The number of rotatable bonds is 19. The molecule has 3 unspecified atom stereocenters. The molecule has 0 aliphatic carbocycles. The van der Waals surface area contributed by atoms with Crippen LogP contribution in [-0.2, 0) is 39.9 Å². The minimum Gasteiger partial charge on any atom is -0.455 e. The number of carbonyl (C=O) groups is 1. The van der Waals surface area contributed by atoms with Gasteiger partial charge in [0.05, 0.1) is 17.7 Å². The molecule has 0 radical (unpaired) electrons. The largest absolute Gasteiger partial charge is 0.455 e. The van der Waals surface area contributed by atoms with Crippen LogP contribution in [0.25, 0.3) is 0 Å². The fourth-order valence-electron chi connectivity index (χ4n) is 6.98. The van der Waals surface area contributed by atoms with Crippen molar-refractivity contribution in [2.75, 3.05) is 11.9 Å². The Labute approximate surface area is 320 Å². The Hall–Kier alpha value is -1.55. The van der Waals surface area contributed by atoms with E-state index in [4.69, 9.17) is 35.0 Å². The zero-order valence-electron chi connectivity index (χ0n) is 32.8. The van der Waals surface area contributed by atoms with E-state index in [-0.39, 0.29) is 17.8 Å². The third-order valence-electron chi connectivity index (χ3n) is 11.2. The third-order valence-corrected chi connectivity index (χ3v) is 25.3. The van der Waals surface area contributed by atoms with Crippen LogP contribution in [0, 0.1) is 0 Å². The van der Waals surface area contributed by atoms with Gasteiger partial charge in [0, 0.05) is 12.6 Å². The van der Waals surface area contributed by atoms with Crippen molar-refractivity contribution in [1.29, 1.82) is 0 Å². The first-order chi connectivity index (χ1) is 24.7. The van der Waals surface area contributed by atoms with E-state index < -0.39 is 90.7 Å². The van der Waals surface area contributed by atoms with E-state index >= 15 is 0 Å². The Morgan fingerprint density at radius 3 is 1.49 bits per heavy atom. The number of thiocarbonyl (C=S) groups is 1. The highest BCUT2D eigenvalue weighted by atomic mass is 32.1. The summed E-state index contributed by atoms with van der Waals surface area (Å²) in [4.78, 5) is 12.8. The molecule has 306 valence electrons. The SMILES string of the molecule is CC[Si](CC)(CC)OCC1O[C@@H](NC(=S)Nc2cc(C(F)(F)F)cc(C(F)(F)F)c2)C(OC(C)=O)C(O[Si](CC)(CC)CC)[C@@H]1O[Si](CC)(CC)CC. The lowest BCUT2D eigenvalue weighted by Gasteiger charge is -2.51. The van der Waals surface area contributed by atoms with E-state index in [1.807, 2.05) is 0 Å². The summed E-state index contributed by atoms with van der Waals surface area (Å²) in [6, 6.07) is 8.49. The molecule has 0 spiro atoms. The molecule has 1 fully saturated rings. The van der Waals surface area contributed by atoms with Gasteiger partial charge in [-0.05, 0) is 84.8 Å². The fraction of sp³-hybridized carbons (Fsp3) is 0.771. The predicted octanol–water partition coefficient (Wildman–Crippen LogP) is 10.5. The molecule has 2 N–H and O–H groups in total. The average Bonchev–Trinajstić information content (AvgIpc) is 3.11. The summed E-state index contributed by atoms with van der Waals surface area (Å²) in [6.07, 6.45) is -14.8. The van der Waals surface area contributed by atoms with Crippen molar-refractivity contribution in [1.82, 2.24) is 5.32 Å².